The normalized spacial score (nSPS) is 20.2. The van der Waals surface area contributed by atoms with Crippen molar-refractivity contribution in [2.24, 2.45) is 0 Å². The molecule has 5 nitrogen and oxygen atoms in total. The standard InChI is InChI=1S/C13H17BrN2O3S/c14-9-10-4-6-11(7-5-10)20(18,19)16-12-3-1-2-8-15-13(12)17/h4-7,12,16H,1-3,8-9H2,(H,15,17). The summed E-state index contributed by atoms with van der Waals surface area (Å²) < 4.78 is 27.0. The maximum Gasteiger partial charge on any atom is 0.241 e. The molecule has 1 aliphatic heterocycles. The molecule has 0 spiro atoms. The van der Waals surface area contributed by atoms with Crippen molar-refractivity contribution in [3.63, 3.8) is 0 Å². The quantitative estimate of drug-likeness (QED) is 0.799. The Morgan fingerprint density at radius 2 is 1.95 bits per heavy atom. The SMILES string of the molecule is O=C1NCCCCC1NS(=O)(=O)c1ccc(CBr)cc1. The van der Waals surface area contributed by atoms with Crippen LogP contribution in [0.15, 0.2) is 29.2 Å². The molecular weight excluding hydrogens is 344 g/mol. The van der Waals surface area contributed by atoms with Gasteiger partial charge >= 0.3 is 0 Å². The first-order valence-electron chi connectivity index (χ1n) is 6.48. The number of alkyl halides is 1. The van der Waals surface area contributed by atoms with Crippen LogP contribution in [0.1, 0.15) is 24.8 Å². The maximum atomic E-state index is 12.3. The minimum atomic E-state index is -3.66. The van der Waals surface area contributed by atoms with Crippen molar-refractivity contribution in [1.29, 1.82) is 0 Å². The Hall–Kier alpha value is -0.920. The van der Waals surface area contributed by atoms with Gasteiger partial charge in [0.05, 0.1) is 4.90 Å². The molecule has 1 amide bonds. The van der Waals surface area contributed by atoms with Gasteiger partial charge in [-0.05, 0) is 37.0 Å². The molecule has 7 heteroatoms. The van der Waals surface area contributed by atoms with E-state index in [0.29, 0.717) is 18.3 Å². The predicted molar refractivity (Wildman–Crippen MR) is 80.0 cm³/mol. The molecule has 1 saturated heterocycles. The number of hydrogen-bond acceptors (Lipinski definition) is 3. The topological polar surface area (TPSA) is 75.3 Å². The number of amides is 1. The molecule has 1 heterocycles. The highest BCUT2D eigenvalue weighted by Gasteiger charge is 2.26. The van der Waals surface area contributed by atoms with Gasteiger partial charge in [0.2, 0.25) is 15.9 Å². The molecule has 1 aliphatic rings. The Morgan fingerprint density at radius 1 is 1.25 bits per heavy atom. The van der Waals surface area contributed by atoms with Gasteiger partial charge in [-0.2, -0.15) is 4.72 Å². The lowest BCUT2D eigenvalue weighted by atomic mass is 10.1. The van der Waals surface area contributed by atoms with E-state index in [1.54, 1.807) is 24.3 Å². The Morgan fingerprint density at radius 3 is 2.60 bits per heavy atom. The van der Waals surface area contributed by atoms with Crippen molar-refractivity contribution < 1.29 is 13.2 Å². The molecular formula is C13H17BrN2O3S. The largest absolute Gasteiger partial charge is 0.355 e. The summed E-state index contributed by atoms with van der Waals surface area (Å²) in [5, 5.41) is 3.39. The summed E-state index contributed by atoms with van der Waals surface area (Å²) in [4.78, 5) is 12.0. The zero-order valence-corrected chi connectivity index (χ0v) is 13.3. The Balaban J connectivity index is 2.14. The van der Waals surface area contributed by atoms with Crippen LogP contribution in [-0.4, -0.2) is 26.9 Å². The third-order valence-electron chi connectivity index (χ3n) is 3.22. The summed E-state index contributed by atoms with van der Waals surface area (Å²) in [6.07, 6.45) is 2.24. The molecule has 1 atom stereocenters. The summed E-state index contributed by atoms with van der Waals surface area (Å²) >= 11 is 3.31. The van der Waals surface area contributed by atoms with Crippen molar-refractivity contribution >= 4 is 31.9 Å². The molecule has 0 radical (unpaired) electrons. The highest BCUT2D eigenvalue weighted by Crippen LogP contribution is 2.14. The first kappa shape index (κ1) is 15.5. The average Bonchev–Trinajstić information content (AvgIpc) is 2.64. The number of carbonyl (C=O) groups is 1. The van der Waals surface area contributed by atoms with Gasteiger partial charge in [0, 0.05) is 11.9 Å². The molecule has 20 heavy (non-hydrogen) atoms. The fourth-order valence-corrected chi connectivity index (χ4v) is 3.67. The van der Waals surface area contributed by atoms with Gasteiger partial charge in [-0.1, -0.05) is 28.1 Å². The number of halogens is 1. The lowest BCUT2D eigenvalue weighted by molar-refractivity contribution is -0.122. The van der Waals surface area contributed by atoms with Crippen LogP contribution in [0.2, 0.25) is 0 Å². The van der Waals surface area contributed by atoms with E-state index in [9.17, 15) is 13.2 Å². The molecule has 0 bridgehead atoms. The smallest absolute Gasteiger partial charge is 0.241 e. The predicted octanol–water partition coefficient (Wildman–Crippen LogP) is 1.53. The highest BCUT2D eigenvalue weighted by molar-refractivity contribution is 9.08. The zero-order valence-electron chi connectivity index (χ0n) is 10.9. The van der Waals surface area contributed by atoms with Gasteiger partial charge in [0.25, 0.3) is 0 Å². The second-order valence-electron chi connectivity index (χ2n) is 4.74. The summed E-state index contributed by atoms with van der Waals surface area (Å²) in [7, 11) is -3.66. The van der Waals surface area contributed by atoms with Gasteiger partial charge in [0.15, 0.2) is 0 Å². The van der Waals surface area contributed by atoms with E-state index in [1.165, 1.54) is 0 Å². The number of rotatable bonds is 4. The molecule has 2 N–H and O–H groups in total. The summed E-state index contributed by atoms with van der Waals surface area (Å²) in [6, 6.07) is 5.91. The van der Waals surface area contributed by atoms with Crippen LogP contribution in [0, 0.1) is 0 Å². The molecule has 1 aromatic carbocycles. The first-order valence-corrected chi connectivity index (χ1v) is 9.08. The van der Waals surface area contributed by atoms with Crippen molar-refractivity contribution in [2.45, 2.75) is 35.5 Å². The molecule has 1 fully saturated rings. The average molecular weight is 361 g/mol. The van der Waals surface area contributed by atoms with Crippen LogP contribution in [0.3, 0.4) is 0 Å². The van der Waals surface area contributed by atoms with Crippen LogP contribution < -0.4 is 10.0 Å². The van der Waals surface area contributed by atoms with Gasteiger partial charge in [-0.15, -0.1) is 0 Å². The van der Waals surface area contributed by atoms with Crippen molar-refractivity contribution in [3.8, 4) is 0 Å². The van der Waals surface area contributed by atoms with Gasteiger partial charge in [0.1, 0.15) is 6.04 Å². The van der Waals surface area contributed by atoms with Gasteiger partial charge < -0.3 is 5.32 Å². The zero-order chi connectivity index (χ0) is 14.6. The summed E-state index contributed by atoms with van der Waals surface area (Å²) in [5.74, 6) is -0.247. The van der Waals surface area contributed by atoms with Crippen molar-refractivity contribution in [2.75, 3.05) is 6.54 Å². The molecule has 0 aromatic heterocycles. The fraction of sp³-hybridized carbons (Fsp3) is 0.462. The van der Waals surface area contributed by atoms with Crippen LogP contribution >= 0.6 is 15.9 Å². The minimum absolute atomic E-state index is 0.180. The van der Waals surface area contributed by atoms with E-state index >= 15 is 0 Å². The van der Waals surface area contributed by atoms with Crippen molar-refractivity contribution in [3.05, 3.63) is 29.8 Å². The monoisotopic (exact) mass is 360 g/mol. The van der Waals surface area contributed by atoms with E-state index < -0.39 is 16.1 Å². The van der Waals surface area contributed by atoms with Gasteiger partial charge in [-0.3, -0.25) is 4.79 Å². The highest BCUT2D eigenvalue weighted by atomic mass is 79.9. The molecule has 2 rings (SSSR count). The van der Waals surface area contributed by atoms with Crippen LogP contribution in [-0.2, 0) is 20.1 Å². The molecule has 0 aliphatic carbocycles. The lowest BCUT2D eigenvalue weighted by Gasteiger charge is -2.15. The van der Waals surface area contributed by atoms with Crippen molar-refractivity contribution in [1.82, 2.24) is 10.0 Å². The van der Waals surface area contributed by atoms with E-state index in [1.807, 2.05) is 0 Å². The number of nitrogens with one attached hydrogen (secondary N) is 2. The van der Waals surface area contributed by atoms with E-state index in [2.05, 4.69) is 26.0 Å². The van der Waals surface area contributed by atoms with E-state index in [-0.39, 0.29) is 10.8 Å². The second kappa shape index (κ2) is 6.69. The van der Waals surface area contributed by atoms with Crippen LogP contribution in [0.4, 0.5) is 0 Å². The third-order valence-corrected chi connectivity index (χ3v) is 5.36. The molecule has 0 saturated carbocycles. The molecule has 1 unspecified atom stereocenters. The maximum absolute atomic E-state index is 12.3. The molecule has 1 aromatic rings. The number of carbonyl (C=O) groups excluding carboxylic acids is 1. The second-order valence-corrected chi connectivity index (χ2v) is 7.01. The van der Waals surface area contributed by atoms with E-state index in [4.69, 9.17) is 0 Å². The minimum Gasteiger partial charge on any atom is -0.355 e. The number of sulfonamides is 1. The summed E-state index contributed by atoms with van der Waals surface area (Å²) in [5.41, 5.74) is 0.996. The lowest BCUT2D eigenvalue weighted by Crippen LogP contribution is -2.45. The Labute approximate surface area is 127 Å². The fourth-order valence-electron chi connectivity index (χ4n) is 2.06. The van der Waals surface area contributed by atoms with Crippen LogP contribution in [0.5, 0.6) is 0 Å². The Kier molecular flexibility index (Phi) is 5.17. The Bertz CT molecular complexity index is 572. The first-order chi connectivity index (χ1) is 9.53. The van der Waals surface area contributed by atoms with Crippen LogP contribution in [0.25, 0.3) is 0 Å². The van der Waals surface area contributed by atoms with Gasteiger partial charge in [-0.25, -0.2) is 8.42 Å². The molecule has 110 valence electrons. The third kappa shape index (κ3) is 3.80. The van der Waals surface area contributed by atoms with E-state index in [0.717, 1.165) is 18.4 Å². The number of benzene rings is 1. The summed E-state index contributed by atoms with van der Waals surface area (Å²) in [6.45, 7) is 0.608. The number of hydrogen-bond donors (Lipinski definition) is 2.